The maximum Gasteiger partial charge on any atom is 0.251 e. The van der Waals surface area contributed by atoms with Gasteiger partial charge in [-0.25, -0.2) is 0 Å². The minimum atomic E-state index is 0.0311. The number of carbonyl (C=O) groups is 1. The van der Waals surface area contributed by atoms with Crippen molar-refractivity contribution in [1.29, 1.82) is 0 Å². The minimum absolute atomic E-state index is 0.0311. The maximum absolute atomic E-state index is 12.2. The lowest BCUT2D eigenvalue weighted by molar-refractivity contribution is 0.0224. The zero-order valence-corrected chi connectivity index (χ0v) is 15.7. The number of benzene rings is 1. The number of fused-ring (bicyclic) bond motifs is 1. The van der Waals surface area contributed by atoms with E-state index >= 15 is 0 Å². The van der Waals surface area contributed by atoms with E-state index in [0.717, 1.165) is 18.5 Å². The van der Waals surface area contributed by atoms with Crippen LogP contribution in [-0.2, 0) is 11.8 Å². The van der Waals surface area contributed by atoms with E-state index in [9.17, 15) is 4.79 Å². The summed E-state index contributed by atoms with van der Waals surface area (Å²) >= 11 is 0. The smallest absolute Gasteiger partial charge is 0.251 e. The molecule has 1 aliphatic heterocycles. The van der Waals surface area contributed by atoms with Crippen LogP contribution in [0.15, 0.2) is 18.2 Å². The Bertz CT molecular complexity index is 612. The third kappa shape index (κ3) is 2.77. The van der Waals surface area contributed by atoms with E-state index in [1.54, 1.807) is 7.05 Å². The molecule has 1 saturated heterocycles. The molecule has 3 rings (SSSR count). The van der Waals surface area contributed by atoms with Crippen molar-refractivity contribution in [2.75, 3.05) is 20.6 Å². The number of hydrogen-bond acceptors (Lipinski definition) is 2. The summed E-state index contributed by atoms with van der Waals surface area (Å²) in [6.45, 7) is 5.80. The molecule has 1 aliphatic carbocycles. The number of rotatable bonds is 3. The van der Waals surface area contributed by atoms with E-state index < -0.39 is 0 Å². The number of piperidine rings is 1. The molecular formula is C21H32N2O. The Kier molecular flexibility index (Phi) is 5.00. The zero-order valence-electron chi connectivity index (χ0n) is 15.7. The van der Waals surface area contributed by atoms with Crippen molar-refractivity contribution in [3.63, 3.8) is 0 Å². The van der Waals surface area contributed by atoms with Crippen molar-refractivity contribution in [2.45, 2.75) is 63.8 Å². The minimum Gasteiger partial charge on any atom is -0.355 e. The quantitative estimate of drug-likeness (QED) is 0.916. The predicted molar refractivity (Wildman–Crippen MR) is 99.6 cm³/mol. The van der Waals surface area contributed by atoms with Gasteiger partial charge in [-0.05, 0) is 75.4 Å². The number of likely N-dealkylation sites (tertiary alicyclic amines) is 1. The summed E-state index contributed by atoms with van der Waals surface area (Å²) in [5, 5.41) is 2.79. The average Bonchev–Trinajstić information content (AvgIpc) is 2.63. The van der Waals surface area contributed by atoms with Crippen LogP contribution in [0, 0.1) is 5.92 Å². The molecule has 0 aromatic heterocycles. The summed E-state index contributed by atoms with van der Waals surface area (Å²) in [7, 11) is 3.99. The molecule has 0 spiro atoms. The molecule has 132 valence electrons. The Balaban J connectivity index is 2.11. The number of amides is 1. The molecule has 0 bridgehead atoms. The number of aryl methyl sites for hydroxylation is 1. The third-order valence-electron chi connectivity index (χ3n) is 6.80. The van der Waals surface area contributed by atoms with Gasteiger partial charge >= 0.3 is 0 Å². The summed E-state index contributed by atoms with van der Waals surface area (Å²) < 4.78 is 0. The molecule has 24 heavy (non-hydrogen) atoms. The van der Waals surface area contributed by atoms with Crippen molar-refractivity contribution < 1.29 is 4.79 Å². The van der Waals surface area contributed by atoms with Gasteiger partial charge in [-0.3, -0.25) is 4.79 Å². The van der Waals surface area contributed by atoms with Crippen LogP contribution in [0.5, 0.6) is 0 Å². The first-order chi connectivity index (χ1) is 11.5. The molecule has 2 fully saturated rings. The molecule has 2 unspecified atom stereocenters. The molecule has 0 radical (unpaired) electrons. The van der Waals surface area contributed by atoms with Gasteiger partial charge in [-0.1, -0.05) is 25.8 Å². The highest BCUT2D eigenvalue weighted by Crippen LogP contribution is 2.52. The highest BCUT2D eigenvalue weighted by Gasteiger charge is 2.48. The highest BCUT2D eigenvalue weighted by atomic mass is 16.1. The summed E-state index contributed by atoms with van der Waals surface area (Å²) in [5.74, 6) is 0.735. The van der Waals surface area contributed by atoms with Crippen molar-refractivity contribution in [2.24, 2.45) is 5.92 Å². The molecular weight excluding hydrogens is 296 g/mol. The molecule has 3 atom stereocenters. The maximum atomic E-state index is 12.2. The standard InChI is InChI=1S/C21H32N2O/c1-5-16-9-10-17(20(24)22-3)14-19(16)21-11-7-6-8-18(21)15(2)23(4)13-12-21/h9-10,14-15,18H,5-8,11-13H2,1-4H3,(H,22,24)/t15?,18?,21-/m1/s1. The second-order valence-electron chi connectivity index (χ2n) is 7.78. The predicted octanol–water partition coefficient (Wildman–Crippen LogP) is 3.76. The summed E-state index contributed by atoms with van der Waals surface area (Å²) in [6, 6.07) is 7.03. The SMILES string of the molecule is CCc1ccc(C(=O)NC)cc1[C@@]12CCCCC1C(C)N(C)CC2. The van der Waals surface area contributed by atoms with E-state index in [0.29, 0.717) is 12.0 Å². The first-order valence-corrected chi connectivity index (χ1v) is 9.59. The van der Waals surface area contributed by atoms with Crippen molar-refractivity contribution in [3.05, 3.63) is 34.9 Å². The fourth-order valence-electron chi connectivity index (χ4n) is 5.27. The largest absolute Gasteiger partial charge is 0.355 e. The lowest BCUT2D eigenvalue weighted by atomic mass is 9.56. The van der Waals surface area contributed by atoms with Crippen molar-refractivity contribution in [1.82, 2.24) is 10.2 Å². The fraction of sp³-hybridized carbons (Fsp3) is 0.667. The Morgan fingerprint density at radius 3 is 2.83 bits per heavy atom. The van der Waals surface area contributed by atoms with Crippen molar-refractivity contribution in [3.8, 4) is 0 Å². The van der Waals surface area contributed by atoms with Gasteiger partial charge < -0.3 is 10.2 Å². The second-order valence-corrected chi connectivity index (χ2v) is 7.78. The van der Waals surface area contributed by atoms with Gasteiger partial charge in [0.25, 0.3) is 5.91 Å². The monoisotopic (exact) mass is 328 g/mol. The lowest BCUT2D eigenvalue weighted by Crippen LogP contribution is -2.55. The van der Waals surface area contributed by atoms with Gasteiger partial charge in [0.1, 0.15) is 0 Å². The second kappa shape index (κ2) is 6.87. The first-order valence-electron chi connectivity index (χ1n) is 9.59. The van der Waals surface area contributed by atoms with Gasteiger partial charge in [0.05, 0.1) is 0 Å². The number of carbonyl (C=O) groups excluding carboxylic acids is 1. The highest BCUT2D eigenvalue weighted by molar-refractivity contribution is 5.94. The van der Waals surface area contributed by atoms with Crippen LogP contribution in [-0.4, -0.2) is 37.5 Å². The molecule has 1 aromatic carbocycles. The summed E-state index contributed by atoms with van der Waals surface area (Å²) in [5.41, 5.74) is 3.98. The molecule has 3 heteroatoms. The number of nitrogens with zero attached hydrogens (tertiary/aromatic N) is 1. The number of hydrogen-bond donors (Lipinski definition) is 1. The van der Waals surface area contributed by atoms with Crippen LogP contribution in [0.4, 0.5) is 0 Å². The lowest BCUT2D eigenvalue weighted by Gasteiger charge is -2.54. The van der Waals surface area contributed by atoms with Crippen LogP contribution in [0.25, 0.3) is 0 Å². The van der Waals surface area contributed by atoms with Crippen molar-refractivity contribution >= 4 is 5.91 Å². The normalized spacial score (nSPS) is 30.7. The molecule has 2 aliphatic rings. The van der Waals surface area contributed by atoms with Crippen LogP contribution < -0.4 is 5.32 Å². The van der Waals surface area contributed by atoms with Gasteiger partial charge in [0, 0.05) is 24.1 Å². The van der Waals surface area contributed by atoms with Gasteiger partial charge in [-0.2, -0.15) is 0 Å². The van der Waals surface area contributed by atoms with Crippen LogP contribution in [0.2, 0.25) is 0 Å². The Hall–Kier alpha value is -1.35. The third-order valence-corrected chi connectivity index (χ3v) is 6.80. The van der Waals surface area contributed by atoms with E-state index in [4.69, 9.17) is 0 Å². The summed E-state index contributed by atoms with van der Waals surface area (Å²) in [6.07, 6.45) is 7.53. The Morgan fingerprint density at radius 1 is 1.33 bits per heavy atom. The Labute approximate surface area is 146 Å². The van der Waals surface area contributed by atoms with Gasteiger partial charge in [0.15, 0.2) is 0 Å². The summed E-state index contributed by atoms with van der Waals surface area (Å²) in [4.78, 5) is 14.7. The fourth-order valence-corrected chi connectivity index (χ4v) is 5.27. The topological polar surface area (TPSA) is 32.3 Å². The number of nitrogens with one attached hydrogen (secondary N) is 1. The van der Waals surface area contributed by atoms with E-state index in [1.807, 2.05) is 6.07 Å². The van der Waals surface area contributed by atoms with Crippen LogP contribution >= 0.6 is 0 Å². The zero-order chi connectivity index (χ0) is 17.3. The molecule has 1 saturated carbocycles. The van der Waals surface area contributed by atoms with Gasteiger partial charge in [0.2, 0.25) is 0 Å². The van der Waals surface area contributed by atoms with Crippen LogP contribution in [0.3, 0.4) is 0 Å². The first kappa shape index (κ1) is 17.5. The average molecular weight is 329 g/mol. The van der Waals surface area contributed by atoms with E-state index in [-0.39, 0.29) is 11.3 Å². The molecule has 1 N–H and O–H groups in total. The molecule has 1 aromatic rings. The van der Waals surface area contributed by atoms with E-state index in [2.05, 4.69) is 43.2 Å². The molecule has 3 nitrogen and oxygen atoms in total. The van der Waals surface area contributed by atoms with Crippen LogP contribution in [0.1, 0.15) is 67.4 Å². The molecule has 1 amide bonds. The van der Waals surface area contributed by atoms with Gasteiger partial charge in [-0.15, -0.1) is 0 Å². The van der Waals surface area contributed by atoms with E-state index in [1.165, 1.54) is 43.2 Å². The Morgan fingerprint density at radius 2 is 2.12 bits per heavy atom. The molecule has 1 heterocycles.